The van der Waals surface area contributed by atoms with Crippen molar-refractivity contribution in [2.24, 2.45) is 0 Å². The summed E-state index contributed by atoms with van der Waals surface area (Å²) in [4.78, 5) is 0. The highest BCUT2D eigenvalue weighted by Crippen LogP contribution is 2.16. The van der Waals surface area contributed by atoms with Crippen LogP contribution in [-0.4, -0.2) is 12.2 Å². The first-order valence-corrected chi connectivity index (χ1v) is 6.26. The standard InChI is InChI=1S/C16H26O/c1-7-9-11-13(3)15(5)17-16(6)14(4)12-10-8-2/h7-10,15-16H,3-4,11-12H2,1-2,5-6H3. The molecule has 0 bridgehead atoms. The van der Waals surface area contributed by atoms with Gasteiger partial charge in [-0.15, -0.1) is 0 Å². The Hall–Kier alpha value is -1.08. The molecule has 0 aromatic heterocycles. The van der Waals surface area contributed by atoms with E-state index in [0.29, 0.717) is 0 Å². The first-order valence-electron chi connectivity index (χ1n) is 6.26. The molecule has 1 heteroatoms. The second kappa shape index (κ2) is 9.00. The maximum atomic E-state index is 5.90. The Bertz CT molecular complexity index is 267. The lowest BCUT2D eigenvalue weighted by Crippen LogP contribution is -2.20. The quantitative estimate of drug-likeness (QED) is 0.547. The van der Waals surface area contributed by atoms with E-state index in [4.69, 9.17) is 4.74 Å². The van der Waals surface area contributed by atoms with E-state index in [1.807, 2.05) is 39.8 Å². The molecule has 0 aliphatic rings. The minimum atomic E-state index is 0.0727. The molecule has 2 unspecified atom stereocenters. The van der Waals surface area contributed by atoms with E-state index in [1.54, 1.807) is 0 Å². The SMILES string of the molecule is C=C(CC=CC)C(C)OC(C)C(=C)CC=CC. The molecular weight excluding hydrogens is 208 g/mol. The van der Waals surface area contributed by atoms with Crippen LogP contribution in [0, 0.1) is 0 Å². The monoisotopic (exact) mass is 234 g/mol. The van der Waals surface area contributed by atoms with Gasteiger partial charge in [-0.25, -0.2) is 0 Å². The molecule has 0 spiro atoms. The highest BCUT2D eigenvalue weighted by molar-refractivity contribution is 5.10. The zero-order valence-corrected chi connectivity index (χ0v) is 11.7. The second-order valence-corrected chi connectivity index (χ2v) is 4.28. The molecule has 0 aromatic rings. The van der Waals surface area contributed by atoms with Gasteiger partial charge in [0.05, 0.1) is 12.2 Å². The average molecular weight is 234 g/mol. The lowest BCUT2D eigenvalue weighted by molar-refractivity contribution is 0.0479. The zero-order valence-electron chi connectivity index (χ0n) is 11.7. The maximum Gasteiger partial charge on any atom is 0.0765 e. The number of hydrogen-bond donors (Lipinski definition) is 0. The fourth-order valence-corrected chi connectivity index (χ4v) is 1.37. The van der Waals surface area contributed by atoms with Crippen LogP contribution in [0.5, 0.6) is 0 Å². The third-order valence-corrected chi connectivity index (χ3v) is 2.79. The predicted molar refractivity (Wildman–Crippen MR) is 77.2 cm³/mol. The van der Waals surface area contributed by atoms with Crippen LogP contribution >= 0.6 is 0 Å². The summed E-state index contributed by atoms with van der Waals surface area (Å²) in [5.74, 6) is 0. The number of rotatable bonds is 8. The number of ether oxygens (including phenoxy) is 1. The van der Waals surface area contributed by atoms with E-state index in [0.717, 1.165) is 24.0 Å². The van der Waals surface area contributed by atoms with Crippen molar-refractivity contribution >= 4 is 0 Å². The summed E-state index contributed by atoms with van der Waals surface area (Å²) < 4.78 is 5.90. The molecule has 0 aromatic carbocycles. The normalized spacial score (nSPS) is 15.3. The van der Waals surface area contributed by atoms with Gasteiger partial charge in [0.2, 0.25) is 0 Å². The number of allylic oxidation sites excluding steroid dienone is 4. The van der Waals surface area contributed by atoms with Gasteiger partial charge in [0.25, 0.3) is 0 Å². The van der Waals surface area contributed by atoms with E-state index >= 15 is 0 Å². The van der Waals surface area contributed by atoms with Crippen molar-refractivity contribution in [3.8, 4) is 0 Å². The van der Waals surface area contributed by atoms with Crippen LogP contribution in [-0.2, 0) is 4.74 Å². The summed E-state index contributed by atoms with van der Waals surface area (Å²) in [5, 5.41) is 0. The molecular formula is C16H26O. The van der Waals surface area contributed by atoms with Crippen molar-refractivity contribution in [3.05, 3.63) is 48.6 Å². The summed E-state index contributed by atoms with van der Waals surface area (Å²) in [7, 11) is 0. The van der Waals surface area contributed by atoms with Crippen LogP contribution in [0.25, 0.3) is 0 Å². The molecule has 17 heavy (non-hydrogen) atoms. The number of hydrogen-bond acceptors (Lipinski definition) is 1. The molecule has 2 atom stereocenters. The summed E-state index contributed by atoms with van der Waals surface area (Å²) in [6, 6.07) is 0. The Morgan fingerprint density at radius 2 is 1.29 bits per heavy atom. The van der Waals surface area contributed by atoms with E-state index < -0.39 is 0 Å². The van der Waals surface area contributed by atoms with Gasteiger partial charge in [-0.2, -0.15) is 0 Å². The largest absolute Gasteiger partial charge is 0.367 e. The molecule has 0 N–H and O–H groups in total. The van der Waals surface area contributed by atoms with E-state index in [9.17, 15) is 0 Å². The van der Waals surface area contributed by atoms with Gasteiger partial charge >= 0.3 is 0 Å². The Morgan fingerprint density at radius 1 is 0.941 bits per heavy atom. The van der Waals surface area contributed by atoms with Gasteiger partial charge in [0.1, 0.15) is 0 Å². The van der Waals surface area contributed by atoms with Gasteiger partial charge in [0, 0.05) is 0 Å². The lowest BCUT2D eigenvalue weighted by atomic mass is 10.1. The zero-order chi connectivity index (χ0) is 13.3. The second-order valence-electron chi connectivity index (χ2n) is 4.28. The molecule has 0 amide bonds. The van der Waals surface area contributed by atoms with Crippen molar-refractivity contribution in [1.82, 2.24) is 0 Å². The molecule has 0 radical (unpaired) electrons. The molecule has 96 valence electrons. The molecule has 1 nitrogen and oxygen atoms in total. The molecule has 0 rings (SSSR count). The Labute approximate surface area is 107 Å². The van der Waals surface area contributed by atoms with Crippen LogP contribution in [0.3, 0.4) is 0 Å². The summed E-state index contributed by atoms with van der Waals surface area (Å²) in [5.41, 5.74) is 2.21. The fraction of sp³-hybridized carbons (Fsp3) is 0.500. The predicted octanol–water partition coefficient (Wildman–Crippen LogP) is 4.82. The van der Waals surface area contributed by atoms with Gasteiger partial charge in [-0.05, 0) is 51.7 Å². The summed E-state index contributed by atoms with van der Waals surface area (Å²) >= 11 is 0. The lowest BCUT2D eigenvalue weighted by Gasteiger charge is -2.21. The smallest absolute Gasteiger partial charge is 0.0765 e. The van der Waals surface area contributed by atoms with Crippen LogP contribution < -0.4 is 0 Å². The Morgan fingerprint density at radius 3 is 1.59 bits per heavy atom. The molecule has 0 fully saturated rings. The van der Waals surface area contributed by atoms with E-state index in [-0.39, 0.29) is 12.2 Å². The third-order valence-electron chi connectivity index (χ3n) is 2.79. The van der Waals surface area contributed by atoms with Crippen molar-refractivity contribution in [2.75, 3.05) is 0 Å². The summed E-state index contributed by atoms with van der Waals surface area (Å²) in [6.45, 7) is 16.2. The van der Waals surface area contributed by atoms with Crippen LogP contribution in [0.15, 0.2) is 48.6 Å². The third kappa shape index (κ3) is 6.96. The first kappa shape index (κ1) is 15.9. The minimum absolute atomic E-state index is 0.0727. The molecule has 0 saturated carbocycles. The van der Waals surface area contributed by atoms with Crippen molar-refractivity contribution < 1.29 is 4.74 Å². The first-order chi connectivity index (χ1) is 8.02. The van der Waals surface area contributed by atoms with Crippen molar-refractivity contribution in [2.45, 2.75) is 52.7 Å². The van der Waals surface area contributed by atoms with Crippen LogP contribution in [0.2, 0.25) is 0 Å². The summed E-state index contributed by atoms with van der Waals surface area (Å²) in [6.07, 6.45) is 10.2. The van der Waals surface area contributed by atoms with Crippen molar-refractivity contribution in [3.63, 3.8) is 0 Å². The Kier molecular flexibility index (Phi) is 8.43. The molecule has 0 heterocycles. The van der Waals surface area contributed by atoms with Crippen LogP contribution in [0.1, 0.15) is 40.5 Å². The Balaban J connectivity index is 4.14. The highest BCUT2D eigenvalue weighted by Gasteiger charge is 2.12. The molecule has 0 saturated heterocycles. The van der Waals surface area contributed by atoms with Gasteiger partial charge < -0.3 is 4.74 Å². The minimum Gasteiger partial charge on any atom is -0.367 e. The van der Waals surface area contributed by atoms with Gasteiger partial charge in [0.15, 0.2) is 0 Å². The van der Waals surface area contributed by atoms with Crippen molar-refractivity contribution in [1.29, 1.82) is 0 Å². The molecule has 0 aliphatic heterocycles. The van der Waals surface area contributed by atoms with Gasteiger partial charge in [-0.3, -0.25) is 0 Å². The average Bonchev–Trinajstić information content (AvgIpc) is 2.32. The van der Waals surface area contributed by atoms with Crippen LogP contribution in [0.4, 0.5) is 0 Å². The molecule has 0 aliphatic carbocycles. The van der Waals surface area contributed by atoms with E-state index in [2.05, 4.69) is 25.3 Å². The highest BCUT2D eigenvalue weighted by atomic mass is 16.5. The topological polar surface area (TPSA) is 9.23 Å². The fourth-order valence-electron chi connectivity index (χ4n) is 1.37. The van der Waals surface area contributed by atoms with Gasteiger partial charge in [-0.1, -0.05) is 37.5 Å². The van der Waals surface area contributed by atoms with E-state index in [1.165, 1.54) is 0 Å². The maximum absolute atomic E-state index is 5.90.